The van der Waals surface area contributed by atoms with Gasteiger partial charge >= 0.3 is 0 Å². The Bertz CT molecular complexity index is 536. The smallest absolute Gasteiger partial charge is 0.287 e. The standard InChI is InChI=1S/C13H19N5O3.ClH/c19-13(12-7-11(9-15-12)18(20)21)17-5-3-16(4-6-17)10-1-2-14-8-10;/h7,9-10,14-15H,1-6,8H2;1H. The summed E-state index contributed by atoms with van der Waals surface area (Å²) in [5, 5.41) is 14.0. The summed E-state index contributed by atoms with van der Waals surface area (Å²) in [5.41, 5.74) is 0.215. The van der Waals surface area contributed by atoms with Crippen LogP contribution in [0.3, 0.4) is 0 Å². The second kappa shape index (κ2) is 7.08. The van der Waals surface area contributed by atoms with Gasteiger partial charge in [0.25, 0.3) is 11.6 Å². The molecule has 0 bridgehead atoms. The van der Waals surface area contributed by atoms with Crippen molar-refractivity contribution < 1.29 is 9.72 Å². The van der Waals surface area contributed by atoms with Crippen molar-refractivity contribution >= 4 is 24.0 Å². The zero-order valence-corrected chi connectivity index (χ0v) is 13.0. The number of hydrogen-bond acceptors (Lipinski definition) is 5. The number of rotatable bonds is 3. The van der Waals surface area contributed by atoms with Gasteiger partial charge in [0.2, 0.25) is 0 Å². The van der Waals surface area contributed by atoms with Crippen molar-refractivity contribution in [3.8, 4) is 0 Å². The van der Waals surface area contributed by atoms with Crippen molar-refractivity contribution in [1.29, 1.82) is 0 Å². The van der Waals surface area contributed by atoms with Gasteiger partial charge in [-0.05, 0) is 13.0 Å². The Labute approximate surface area is 134 Å². The van der Waals surface area contributed by atoms with Gasteiger partial charge in [-0.3, -0.25) is 19.8 Å². The number of H-pyrrole nitrogens is 1. The predicted octanol–water partition coefficient (Wildman–Crippen LogP) is 0.464. The molecule has 22 heavy (non-hydrogen) atoms. The molecular weight excluding hydrogens is 310 g/mol. The molecule has 1 atom stereocenters. The van der Waals surface area contributed by atoms with Crippen molar-refractivity contribution in [1.82, 2.24) is 20.1 Å². The van der Waals surface area contributed by atoms with Gasteiger partial charge in [-0.1, -0.05) is 0 Å². The van der Waals surface area contributed by atoms with E-state index in [-0.39, 0.29) is 29.7 Å². The summed E-state index contributed by atoms with van der Waals surface area (Å²) in [6, 6.07) is 1.88. The fourth-order valence-corrected chi connectivity index (χ4v) is 3.02. The summed E-state index contributed by atoms with van der Waals surface area (Å²) < 4.78 is 0. The van der Waals surface area contributed by atoms with Crippen molar-refractivity contribution in [3.63, 3.8) is 0 Å². The summed E-state index contributed by atoms with van der Waals surface area (Å²) in [6.45, 7) is 5.15. The molecule has 0 aromatic carbocycles. The van der Waals surface area contributed by atoms with Crippen LogP contribution in [-0.4, -0.2) is 70.9 Å². The van der Waals surface area contributed by atoms with Crippen molar-refractivity contribution in [2.45, 2.75) is 12.5 Å². The number of aromatic amines is 1. The summed E-state index contributed by atoms with van der Waals surface area (Å²) in [7, 11) is 0. The third-order valence-corrected chi connectivity index (χ3v) is 4.26. The van der Waals surface area contributed by atoms with E-state index in [0.29, 0.717) is 19.1 Å². The van der Waals surface area contributed by atoms with Gasteiger partial charge in [-0.25, -0.2) is 0 Å². The Hall–Kier alpha value is -1.64. The minimum Gasteiger partial charge on any atom is -0.351 e. The highest BCUT2D eigenvalue weighted by Crippen LogP contribution is 2.16. The average Bonchev–Trinajstić information content (AvgIpc) is 3.18. The summed E-state index contributed by atoms with van der Waals surface area (Å²) in [4.78, 5) is 29.3. The molecule has 3 heterocycles. The van der Waals surface area contributed by atoms with Crippen LogP contribution in [0.2, 0.25) is 0 Å². The zero-order chi connectivity index (χ0) is 14.8. The largest absolute Gasteiger partial charge is 0.351 e. The van der Waals surface area contributed by atoms with Crippen LogP contribution in [0, 0.1) is 10.1 Å². The van der Waals surface area contributed by atoms with Crippen LogP contribution in [0.15, 0.2) is 12.3 Å². The van der Waals surface area contributed by atoms with Crippen molar-refractivity contribution in [2.75, 3.05) is 39.3 Å². The topological polar surface area (TPSA) is 94.5 Å². The van der Waals surface area contributed by atoms with E-state index >= 15 is 0 Å². The van der Waals surface area contributed by atoms with Crippen LogP contribution < -0.4 is 5.32 Å². The molecule has 2 saturated heterocycles. The minimum absolute atomic E-state index is 0. The maximum Gasteiger partial charge on any atom is 0.287 e. The first-order valence-corrected chi connectivity index (χ1v) is 7.22. The molecule has 0 radical (unpaired) electrons. The molecule has 122 valence electrons. The second-order valence-electron chi connectivity index (χ2n) is 5.50. The van der Waals surface area contributed by atoms with E-state index in [1.165, 1.54) is 12.3 Å². The number of carbonyl (C=O) groups excluding carboxylic acids is 1. The molecule has 1 aromatic heterocycles. The molecule has 2 aliphatic heterocycles. The van der Waals surface area contributed by atoms with E-state index in [0.717, 1.165) is 32.6 Å². The number of carbonyl (C=O) groups is 1. The van der Waals surface area contributed by atoms with Gasteiger partial charge in [0, 0.05) is 44.8 Å². The Kier molecular flexibility index (Phi) is 5.38. The number of nitrogens with zero attached hydrogens (tertiary/aromatic N) is 3. The highest BCUT2D eigenvalue weighted by atomic mass is 35.5. The fraction of sp³-hybridized carbons (Fsp3) is 0.615. The number of nitrogens with one attached hydrogen (secondary N) is 2. The number of halogens is 1. The number of nitro groups is 1. The summed E-state index contributed by atoms with van der Waals surface area (Å²) >= 11 is 0. The molecule has 2 fully saturated rings. The molecule has 2 aliphatic rings. The molecule has 1 aromatic rings. The fourth-order valence-electron chi connectivity index (χ4n) is 3.02. The molecule has 0 spiro atoms. The van der Waals surface area contributed by atoms with Crippen LogP contribution in [0.5, 0.6) is 0 Å². The van der Waals surface area contributed by atoms with Crippen LogP contribution in [0.1, 0.15) is 16.9 Å². The van der Waals surface area contributed by atoms with Gasteiger partial charge in [-0.2, -0.15) is 0 Å². The second-order valence-corrected chi connectivity index (χ2v) is 5.50. The van der Waals surface area contributed by atoms with Crippen LogP contribution >= 0.6 is 12.4 Å². The lowest BCUT2D eigenvalue weighted by Crippen LogP contribution is -2.52. The predicted molar refractivity (Wildman–Crippen MR) is 83.4 cm³/mol. The highest BCUT2D eigenvalue weighted by molar-refractivity contribution is 5.93. The lowest BCUT2D eigenvalue weighted by molar-refractivity contribution is -0.384. The molecule has 0 saturated carbocycles. The van der Waals surface area contributed by atoms with E-state index in [2.05, 4.69) is 15.2 Å². The quantitative estimate of drug-likeness (QED) is 0.621. The van der Waals surface area contributed by atoms with Crippen LogP contribution in [0.25, 0.3) is 0 Å². The van der Waals surface area contributed by atoms with Crippen molar-refractivity contribution in [3.05, 3.63) is 28.1 Å². The Morgan fingerprint density at radius 1 is 1.32 bits per heavy atom. The van der Waals surface area contributed by atoms with Gasteiger partial charge in [0.1, 0.15) is 5.69 Å². The normalized spacial score (nSPS) is 22.4. The lowest BCUT2D eigenvalue weighted by atomic mass is 10.2. The Morgan fingerprint density at radius 3 is 2.59 bits per heavy atom. The van der Waals surface area contributed by atoms with E-state index < -0.39 is 4.92 Å². The monoisotopic (exact) mass is 329 g/mol. The minimum atomic E-state index is -0.502. The van der Waals surface area contributed by atoms with Gasteiger partial charge in [0.05, 0.1) is 11.1 Å². The third kappa shape index (κ3) is 3.40. The first kappa shape index (κ1) is 16.7. The van der Waals surface area contributed by atoms with Gasteiger partial charge in [-0.15, -0.1) is 12.4 Å². The highest BCUT2D eigenvalue weighted by Gasteiger charge is 2.29. The van der Waals surface area contributed by atoms with E-state index in [1.54, 1.807) is 4.90 Å². The molecular formula is C13H20ClN5O3. The number of amides is 1. The third-order valence-electron chi connectivity index (χ3n) is 4.26. The summed E-state index contributed by atoms with van der Waals surface area (Å²) in [5.74, 6) is -0.160. The maximum absolute atomic E-state index is 12.3. The first-order chi connectivity index (χ1) is 10.1. The lowest BCUT2D eigenvalue weighted by Gasteiger charge is -2.37. The molecule has 1 unspecified atom stereocenters. The average molecular weight is 330 g/mol. The van der Waals surface area contributed by atoms with Crippen molar-refractivity contribution in [2.24, 2.45) is 0 Å². The van der Waals surface area contributed by atoms with Gasteiger partial charge < -0.3 is 15.2 Å². The number of aromatic nitrogens is 1. The summed E-state index contributed by atoms with van der Waals surface area (Å²) in [6.07, 6.45) is 2.42. The van der Waals surface area contributed by atoms with Gasteiger partial charge in [0.15, 0.2) is 0 Å². The Balaban J connectivity index is 0.00000176. The molecule has 0 aliphatic carbocycles. The molecule has 1 amide bonds. The number of piperazine rings is 1. The zero-order valence-electron chi connectivity index (χ0n) is 12.2. The maximum atomic E-state index is 12.3. The van der Waals surface area contributed by atoms with E-state index in [9.17, 15) is 14.9 Å². The number of hydrogen-bond donors (Lipinski definition) is 2. The van der Waals surface area contributed by atoms with E-state index in [4.69, 9.17) is 0 Å². The molecule has 2 N–H and O–H groups in total. The van der Waals surface area contributed by atoms with Crippen LogP contribution in [-0.2, 0) is 0 Å². The Morgan fingerprint density at radius 2 is 2.05 bits per heavy atom. The molecule has 8 nitrogen and oxygen atoms in total. The van der Waals surface area contributed by atoms with E-state index in [1.807, 2.05) is 0 Å². The first-order valence-electron chi connectivity index (χ1n) is 7.22. The molecule has 3 rings (SSSR count). The SMILES string of the molecule is Cl.O=C(c1cc([N+](=O)[O-])c[nH]1)N1CCN(C2CCNC2)CC1. The molecule has 9 heteroatoms. The van der Waals surface area contributed by atoms with Crippen LogP contribution in [0.4, 0.5) is 5.69 Å².